The summed E-state index contributed by atoms with van der Waals surface area (Å²) in [6.45, 7) is 10.0. The summed E-state index contributed by atoms with van der Waals surface area (Å²) < 4.78 is 0. The minimum absolute atomic E-state index is 0.664. The van der Waals surface area contributed by atoms with Crippen LogP contribution in [0.4, 0.5) is 5.13 Å². The van der Waals surface area contributed by atoms with Crippen LogP contribution in [0, 0.1) is 0 Å². The summed E-state index contributed by atoms with van der Waals surface area (Å²) in [6.07, 6.45) is 6.11. The molecular weight excluding hydrogens is 254 g/mol. The van der Waals surface area contributed by atoms with Crippen molar-refractivity contribution in [1.82, 2.24) is 10.3 Å². The lowest BCUT2D eigenvalue weighted by Crippen LogP contribution is -2.25. The number of hydrogen-bond donors (Lipinski definition) is 1. The first-order valence-electron chi connectivity index (χ1n) is 7.72. The van der Waals surface area contributed by atoms with E-state index in [0.717, 1.165) is 19.5 Å². The Hall–Kier alpha value is -0.610. The van der Waals surface area contributed by atoms with Gasteiger partial charge in [-0.3, -0.25) is 0 Å². The maximum atomic E-state index is 4.92. The zero-order valence-electron chi connectivity index (χ0n) is 12.5. The fourth-order valence-corrected chi connectivity index (χ4v) is 3.86. The van der Waals surface area contributed by atoms with Crippen molar-refractivity contribution in [2.24, 2.45) is 0 Å². The van der Waals surface area contributed by atoms with Crippen LogP contribution in [0.1, 0.15) is 57.0 Å². The van der Waals surface area contributed by atoms with Gasteiger partial charge in [0, 0.05) is 24.0 Å². The Morgan fingerprint density at radius 3 is 2.84 bits per heavy atom. The third-order valence-corrected chi connectivity index (χ3v) is 4.90. The summed E-state index contributed by atoms with van der Waals surface area (Å²) in [5, 5.41) is 4.77. The number of nitrogens with zero attached hydrogens (tertiary/aromatic N) is 2. The summed E-state index contributed by atoms with van der Waals surface area (Å²) in [7, 11) is 0. The van der Waals surface area contributed by atoms with Gasteiger partial charge in [0.05, 0.1) is 5.69 Å². The van der Waals surface area contributed by atoms with E-state index in [2.05, 4.69) is 31.0 Å². The highest BCUT2D eigenvalue weighted by Crippen LogP contribution is 2.32. The molecule has 0 bridgehead atoms. The molecule has 0 saturated carbocycles. The topological polar surface area (TPSA) is 28.2 Å². The number of rotatable bonds is 7. The van der Waals surface area contributed by atoms with Gasteiger partial charge in [-0.25, -0.2) is 4.98 Å². The Bertz CT molecular complexity index is 389. The second kappa shape index (κ2) is 7.25. The van der Waals surface area contributed by atoms with Gasteiger partial charge in [-0.05, 0) is 39.2 Å². The van der Waals surface area contributed by atoms with Gasteiger partial charge in [-0.2, -0.15) is 0 Å². The number of hydrogen-bond acceptors (Lipinski definition) is 4. The fraction of sp³-hybridized carbons (Fsp3) is 0.800. The molecule has 2 heterocycles. The van der Waals surface area contributed by atoms with Crippen molar-refractivity contribution >= 4 is 16.5 Å². The highest BCUT2D eigenvalue weighted by atomic mass is 32.1. The summed E-state index contributed by atoms with van der Waals surface area (Å²) >= 11 is 1.90. The van der Waals surface area contributed by atoms with Gasteiger partial charge in [0.2, 0.25) is 0 Å². The van der Waals surface area contributed by atoms with Gasteiger partial charge in [0.15, 0.2) is 5.13 Å². The standard InChI is InChI=1S/C15H27N3S/c1-4-7-13-14(11-16-9-5-2)19-15(17-13)18-10-6-8-12(18)3/h12,16H,4-11H2,1-3H3. The van der Waals surface area contributed by atoms with Crippen LogP contribution < -0.4 is 10.2 Å². The van der Waals surface area contributed by atoms with Crippen molar-refractivity contribution in [2.45, 2.75) is 65.5 Å². The Balaban J connectivity index is 2.09. The molecule has 1 aromatic heterocycles. The van der Waals surface area contributed by atoms with Crippen molar-refractivity contribution in [3.05, 3.63) is 10.6 Å². The summed E-state index contributed by atoms with van der Waals surface area (Å²) in [6, 6.07) is 0.664. The third kappa shape index (κ3) is 3.69. The van der Waals surface area contributed by atoms with Gasteiger partial charge in [-0.1, -0.05) is 20.3 Å². The van der Waals surface area contributed by atoms with Crippen LogP contribution in [-0.2, 0) is 13.0 Å². The van der Waals surface area contributed by atoms with Gasteiger partial charge in [0.1, 0.15) is 0 Å². The van der Waals surface area contributed by atoms with E-state index >= 15 is 0 Å². The highest BCUT2D eigenvalue weighted by Gasteiger charge is 2.24. The molecule has 1 aliphatic heterocycles. The second-order valence-corrected chi connectivity index (χ2v) is 6.54. The van der Waals surface area contributed by atoms with Crippen LogP contribution >= 0.6 is 11.3 Å². The normalized spacial score (nSPS) is 19.3. The molecular formula is C15H27N3S. The zero-order chi connectivity index (χ0) is 13.7. The zero-order valence-corrected chi connectivity index (χ0v) is 13.4. The van der Waals surface area contributed by atoms with E-state index in [1.54, 1.807) is 0 Å². The summed E-state index contributed by atoms with van der Waals surface area (Å²) in [5.41, 5.74) is 1.32. The van der Waals surface area contributed by atoms with Crippen LogP contribution in [0.15, 0.2) is 0 Å². The van der Waals surface area contributed by atoms with E-state index in [1.165, 1.54) is 47.9 Å². The molecule has 1 aromatic rings. The number of nitrogens with one attached hydrogen (secondary N) is 1. The molecule has 3 nitrogen and oxygen atoms in total. The first kappa shape index (κ1) is 14.8. The minimum Gasteiger partial charge on any atom is -0.345 e. The van der Waals surface area contributed by atoms with Crippen molar-refractivity contribution < 1.29 is 0 Å². The van der Waals surface area contributed by atoms with Crippen molar-refractivity contribution in [1.29, 1.82) is 0 Å². The van der Waals surface area contributed by atoms with E-state index in [0.29, 0.717) is 6.04 Å². The molecule has 1 unspecified atom stereocenters. The van der Waals surface area contributed by atoms with Crippen LogP contribution in [0.25, 0.3) is 0 Å². The molecule has 1 saturated heterocycles. The predicted molar refractivity (Wildman–Crippen MR) is 84.1 cm³/mol. The highest BCUT2D eigenvalue weighted by molar-refractivity contribution is 7.15. The first-order chi connectivity index (χ1) is 9.26. The van der Waals surface area contributed by atoms with Gasteiger partial charge in [0.25, 0.3) is 0 Å². The van der Waals surface area contributed by atoms with Crippen molar-refractivity contribution in [2.75, 3.05) is 18.0 Å². The van der Waals surface area contributed by atoms with E-state index in [4.69, 9.17) is 4.98 Å². The summed E-state index contributed by atoms with van der Waals surface area (Å²) in [4.78, 5) is 8.86. The largest absolute Gasteiger partial charge is 0.345 e. The lowest BCUT2D eigenvalue weighted by atomic mass is 10.2. The molecule has 0 amide bonds. The van der Waals surface area contributed by atoms with E-state index in [1.807, 2.05) is 11.3 Å². The lowest BCUT2D eigenvalue weighted by Gasteiger charge is -2.19. The molecule has 1 N–H and O–H groups in total. The van der Waals surface area contributed by atoms with Crippen molar-refractivity contribution in [3.8, 4) is 0 Å². The number of anilines is 1. The predicted octanol–water partition coefficient (Wildman–Crippen LogP) is 3.58. The second-order valence-electron chi connectivity index (χ2n) is 5.48. The molecule has 1 fully saturated rings. The fourth-order valence-electron chi connectivity index (χ4n) is 2.66. The summed E-state index contributed by atoms with van der Waals surface area (Å²) in [5.74, 6) is 0. The molecule has 0 spiro atoms. The molecule has 0 radical (unpaired) electrons. The maximum absolute atomic E-state index is 4.92. The van der Waals surface area contributed by atoms with E-state index in [-0.39, 0.29) is 0 Å². The molecule has 19 heavy (non-hydrogen) atoms. The average Bonchev–Trinajstić information content (AvgIpc) is 2.97. The molecule has 1 aliphatic rings. The van der Waals surface area contributed by atoms with Crippen molar-refractivity contribution in [3.63, 3.8) is 0 Å². The van der Waals surface area contributed by atoms with E-state index in [9.17, 15) is 0 Å². The Labute approximate surface area is 121 Å². The smallest absolute Gasteiger partial charge is 0.186 e. The molecule has 1 atom stereocenters. The Morgan fingerprint density at radius 1 is 1.37 bits per heavy atom. The van der Waals surface area contributed by atoms with Crippen LogP contribution in [0.5, 0.6) is 0 Å². The first-order valence-corrected chi connectivity index (χ1v) is 8.53. The average molecular weight is 281 g/mol. The molecule has 2 rings (SSSR count). The third-order valence-electron chi connectivity index (χ3n) is 3.76. The SMILES string of the molecule is CCCNCc1sc(N2CCCC2C)nc1CCC. The molecule has 0 aliphatic carbocycles. The maximum Gasteiger partial charge on any atom is 0.186 e. The quantitative estimate of drug-likeness (QED) is 0.774. The Morgan fingerprint density at radius 2 is 2.21 bits per heavy atom. The van der Waals surface area contributed by atoms with Crippen LogP contribution in [0.3, 0.4) is 0 Å². The number of aryl methyl sites for hydroxylation is 1. The number of aromatic nitrogens is 1. The van der Waals surface area contributed by atoms with Gasteiger partial charge < -0.3 is 10.2 Å². The molecule has 4 heteroatoms. The lowest BCUT2D eigenvalue weighted by molar-refractivity contribution is 0.674. The molecule has 0 aromatic carbocycles. The minimum atomic E-state index is 0.664. The number of thiazole rings is 1. The van der Waals surface area contributed by atoms with Crippen LogP contribution in [0.2, 0.25) is 0 Å². The van der Waals surface area contributed by atoms with E-state index < -0.39 is 0 Å². The molecule has 108 valence electrons. The monoisotopic (exact) mass is 281 g/mol. The Kier molecular flexibility index (Phi) is 5.64. The van der Waals surface area contributed by atoms with Gasteiger partial charge >= 0.3 is 0 Å². The van der Waals surface area contributed by atoms with Crippen LogP contribution in [-0.4, -0.2) is 24.1 Å². The van der Waals surface area contributed by atoms with Gasteiger partial charge in [-0.15, -0.1) is 11.3 Å².